The van der Waals surface area contributed by atoms with Crippen LogP contribution in [0.2, 0.25) is 0 Å². The summed E-state index contributed by atoms with van der Waals surface area (Å²) >= 11 is 0. The molecule has 2 atom stereocenters. The summed E-state index contributed by atoms with van der Waals surface area (Å²) in [6.07, 6.45) is 2.80. The third-order valence-corrected chi connectivity index (χ3v) is 4.24. The van der Waals surface area contributed by atoms with E-state index in [1.54, 1.807) is 6.92 Å². The Labute approximate surface area is 123 Å². The van der Waals surface area contributed by atoms with Gasteiger partial charge in [0.25, 0.3) is 0 Å². The molecule has 118 valence electrons. The van der Waals surface area contributed by atoms with E-state index in [0.29, 0.717) is 19.1 Å². The molecule has 0 aromatic heterocycles. The fourth-order valence-electron chi connectivity index (χ4n) is 2.72. The number of piperazine rings is 1. The van der Waals surface area contributed by atoms with Gasteiger partial charge in [0.2, 0.25) is 0 Å². The molecule has 5 heteroatoms. The van der Waals surface area contributed by atoms with E-state index in [-0.39, 0.29) is 5.97 Å². The monoisotopic (exact) mass is 285 g/mol. The van der Waals surface area contributed by atoms with Crippen LogP contribution in [-0.2, 0) is 9.53 Å². The minimum Gasteiger partial charge on any atom is -0.465 e. The number of hydrogen-bond donors (Lipinski definition) is 1. The molecule has 2 N–H and O–H groups in total. The highest BCUT2D eigenvalue weighted by molar-refractivity contribution is 5.79. The molecule has 0 aliphatic carbocycles. The van der Waals surface area contributed by atoms with Crippen LogP contribution in [0, 0.1) is 0 Å². The molecule has 1 aliphatic heterocycles. The van der Waals surface area contributed by atoms with Crippen molar-refractivity contribution < 1.29 is 9.53 Å². The zero-order valence-corrected chi connectivity index (χ0v) is 13.5. The molecule has 0 amide bonds. The van der Waals surface area contributed by atoms with Gasteiger partial charge in [-0.3, -0.25) is 4.79 Å². The maximum atomic E-state index is 11.7. The van der Waals surface area contributed by atoms with Gasteiger partial charge in [-0.1, -0.05) is 6.92 Å². The molecule has 5 nitrogen and oxygen atoms in total. The second-order valence-corrected chi connectivity index (χ2v) is 6.08. The zero-order valence-electron chi connectivity index (χ0n) is 13.5. The van der Waals surface area contributed by atoms with Gasteiger partial charge in [-0.05, 0) is 46.7 Å². The number of nitrogens with two attached hydrogens (primary N) is 1. The largest absolute Gasteiger partial charge is 0.465 e. The van der Waals surface area contributed by atoms with Crippen molar-refractivity contribution in [2.24, 2.45) is 5.73 Å². The highest BCUT2D eigenvalue weighted by Crippen LogP contribution is 2.15. The zero-order chi connectivity index (χ0) is 15.2. The fourth-order valence-corrected chi connectivity index (χ4v) is 2.72. The first-order valence-electron chi connectivity index (χ1n) is 7.79. The molecule has 1 heterocycles. The molecule has 1 aliphatic rings. The lowest BCUT2D eigenvalue weighted by molar-refractivity contribution is -0.149. The first-order chi connectivity index (χ1) is 9.40. The Balaban J connectivity index is 2.31. The maximum Gasteiger partial charge on any atom is 0.325 e. The summed E-state index contributed by atoms with van der Waals surface area (Å²) in [4.78, 5) is 16.6. The summed E-state index contributed by atoms with van der Waals surface area (Å²) in [5.74, 6) is -0.287. The van der Waals surface area contributed by atoms with Crippen molar-refractivity contribution >= 4 is 5.97 Å². The Bertz CT molecular complexity index is 307. The fraction of sp³-hybridized carbons (Fsp3) is 0.933. The van der Waals surface area contributed by atoms with Crippen LogP contribution in [0.3, 0.4) is 0 Å². The van der Waals surface area contributed by atoms with E-state index >= 15 is 0 Å². The van der Waals surface area contributed by atoms with Gasteiger partial charge in [-0.25, -0.2) is 0 Å². The van der Waals surface area contributed by atoms with Gasteiger partial charge >= 0.3 is 5.97 Å². The minimum absolute atomic E-state index is 0.287. The first-order valence-corrected chi connectivity index (χ1v) is 7.79. The normalized spacial score (nSPS) is 24.4. The van der Waals surface area contributed by atoms with Gasteiger partial charge in [0.05, 0.1) is 6.61 Å². The van der Waals surface area contributed by atoms with Crippen LogP contribution in [0.4, 0.5) is 0 Å². The van der Waals surface area contributed by atoms with Crippen LogP contribution < -0.4 is 5.73 Å². The third-order valence-electron chi connectivity index (χ3n) is 4.24. The SMILES string of the molecule is CCOC(=O)C(C)(N)CCCN1CCN(C)C(CC)C1. The number of likely N-dealkylation sites (N-methyl/N-ethyl adjacent to an activating group) is 1. The summed E-state index contributed by atoms with van der Waals surface area (Å²) in [6.45, 7) is 10.6. The molecule has 0 aromatic carbocycles. The molecule has 0 saturated carbocycles. The van der Waals surface area contributed by atoms with Gasteiger partial charge in [0, 0.05) is 25.7 Å². The summed E-state index contributed by atoms with van der Waals surface area (Å²) in [7, 11) is 2.20. The number of ether oxygens (including phenoxy) is 1. The molecular formula is C15H31N3O2. The Morgan fingerprint density at radius 3 is 2.70 bits per heavy atom. The molecule has 1 saturated heterocycles. The van der Waals surface area contributed by atoms with Crippen molar-refractivity contribution in [2.75, 3.05) is 39.8 Å². The van der Waals surface area contributed by atoms with Crippen LogP contribution in [0.5, 0.6) is 0 Å². The predicted octanol–water partition coefficient (Wildman–Crippen LogP) is 1.07. The van der Waals surface area contributed by atoms with Crippen molar-refractivity contribution in [3.63, 3.8) is 0 Å². The number of rotatable bonds is 7. The number of hydrogen-bond acceptors (Lipinski definition) is 5. The standard InChI is InChI=1S/C15H31N3O2/c1-5-13-12-18(11-10-17(13)4)9-7-8-15(3,16)14(19)20-6-2/h13H,5-12,16H2,1-4H3. The first kappa shape index (κ1) is 17.4. The van der Waals surface area contributed by atoms with Gasteiger partial charge in [0.15, 0.2) is 0 Å². The quantitative estimate of drug-likeness (QED) is 0.709. The van der Waals surface area contributed by atoms with Crippen molar-refractivity contribution in [3.05, 3.63) is 0 Å². The van der Waals surface area contributed by atoms with E-state index < -0.39 is 5.54 Å². The summed E-state index contributed by atoms with van der Waals surface area (Å²) < 4.78 is 5.01. The molecular weight excluding hydrogens is 254 g/mol. The summed E-state index contributed by atoms with van der Waals surface area (Å²) in [5, 5.41) is 0. The number of esters is 1. The Morgan fingerprint density at radius 2 is 2.10 bits per heavy atom. The highest BCUT2D eigenvalue weighted by atomic mass is 16.5. The minimum atomic E-state index is -0.854. The van der Waals surface area contributed by atoms with Crippen molar-refractivity contribution in [1.82, 2.24) is 9.80 Å². The molecule has 20 heavy (non-hydrogen) atoms. The number of carbonyl (C=O) groups is 1. The van der Waals surface area contributed by atoms with Crippen molar-refractivity contribution in [2.45, 2.75) is 51.6 Å². The van der Waals surface area contributed by atoms with E-state index in [4.69, 9.17) is 10.5 Å². The second kappa shape index (κ2) is 7.96. The van der Waals surface area contributed by atoms with E-state index in [1.165, 1.54) is 6.42 Å². The lowest BCUT2D eigenvalue weighted by Crippen LogP contribution is -2.52. The van der Waals surface area contributed by atoms with Crippen LogP contribution >= 0.6 is 0 Å². The second-order valence-electron chi connectivity index (χ2n) is 6.08. The summed E-state index contributed by atoms with van der Waals surface area (Å²) in [5.41, 5.74) is 5.18. The van der Waals surface area contributed by atoms with Gasteiger partial charge in [-0.15, -0.1) is 0 Å². The van der Waals surface area contributed by atoms with Gasteiger partial charge < -0.3 is 20.3 Å². The van der Waals surface area contributed by atoms with E-state index in [2.05, 4.69) is 23.8 Å². The average molecular weight is 285 g/mol. The molecule has 0 radical (unpaired) electrons. The van der Waals surface area contributed by atoms with E-state index in [1.807, 2.05) is 6.92 Å². The van der Waals surface area contributed by atoms with E-state index in [0.717, 1.165) is 32.6 Å². The molecule has 1 rings (SSSR count). The lowest BCUT2D eigenvalue weighted by Gasteiger charge is -2.39. The van der Waals surface area contributed by atoms with Crippen LogP contribution in [-0.4, -0.2) is 67.2 Å². The number of carbonyl (C=O) groups excluding carboxylic acids is 1. The van der Waals surface area contributed by atoms with Crippen molar-refractivity contribution in [1.29, 1.82) is 0 Å². The van der Waals surface area contributed by atoms with Gasteiger partial charge in [0.1, 0.15) is 5.54 Å². The van der Waals surface area contributed by atoms with E-state index in [9.17, 15) is 4.79 Å². The number of nitrogens with zero attached hydrogens (tertiary/aromatic N) is 2. The Kier molecular flexibility index (Phi) is 6.92. The highest BCUT2D eigenvalue weighted by Gasteiger charge is 2.30. The maximum absolute atomic E-state index is 11.7. The molecule has 1 fully saturated rings. The topological polar surface area (TPSA) is 58.8 Å². The van der Waals surface area contributed by atoms with Gasteiger partial charge in [-0.2, -0.15) is 0 Å². The van der Waals surface area contributed by atoms with Crippen LogP contribution in [0.15, 0.2) is 0 Å². The van der Waals surface area contributed by atoms with Crippen LogP contribution in [0.1, 0.15) is 40.0 Å². The third kappa shape index (κ3) is 5.04. The lowest BCUT2D eigenvalue weighted by atomic mass is 9.97. The summed E-state index contributed by atoms with van der Waals surface area (Å²) in [6, 6.07) is 0.651. The smallest absolute Gasteiger partial charge is 0.325 e. The Morgan fingerprint density at radius 1 is 1.40 bits per heavy atom. The predicted molar refractivity (Wildman–Crippen MR) is 81.6 cm³/mol. The molecule has 0 bridgehead atoms. The van der Waals surface area contributed by atoms with Crippen molar-refractivity contribution in [3.8, 4) is 0 Å². The molecule has 2 unspecified atom stereocenters. The average Bonchev–Trinajstić information content (AvgIpc) is 2.40. The van der Waals surface area contributed by atoms with Crippen LogP contribution in [0.25, 0.3) is 0 Å². The Hall–Kier alpha value is -0.650. The molecule has 0 aromatic rings. The molecule has 0 spiro atoms.